The Hall–Kier alpha value is -4.26. The fourth-order valence-electron chi connectivity index (χ4n) is 9.03. The third-order valence-corrected chi connectivity index (χ3v) is 12.5. The fraction of sp³-hybridized carbons (Fsp3) is 0.542. The molecule has 1 saturated heterocycles. The van der Waals surface area contributed by atoms with Crippen LogP contribution in [0.4, 0.5) is 0 Å². The summed E-state index contributed by atoms with van der Waals surface area (Å²) in [4.78, 5) is 28.5. The van der Waals surface area contributed by atoms with Gasteiger partial charge in [-0.1, -0.05) is 110 Å². The zero-order valence-corrected chi connectivity index (χ0v) is 34.5. The predicted octanol–water partition coefficient (Wildman–Crippen LogP) is 12.3. The summed E-state index contributed by atoms with van der Waals surface area (Å²) in [6.45, 7) is 17.5. The Kier molecular flexibility index (Phi) is 13.7. The number of nitrogens with zero attached hydrogens (tertiary/aromatic N) is 3. The fourth-order valence-corrected chi connectivity index (χ4v) is 9.03. The molecule has 7 heteroatoms. The van der Waals surface area contributed by atoms with E-state index in [4.69, 9.17) is 19.7 Å². The van der Waals surface area contributed by atoms with Gasteiger partial charge in [-0.15, -0.1) is 0 Å². The number of carbonyl (C=O) groups is 1. The van der Waals surface area contributed by atoms with Gasteiger partial charge in [0.1, 0.15) is 5.76 Å². The smallest absolute Gasteiger partial charge is 0.305 e. The monoisotopic (exact) mass is 744 g/mol. The van der Waals surface area contributed by atoms with Gasteiger partial charge in [-0.05, 0) is 80.6 Å². The molecule has 294 valence electrons. The van der Waals surface area contributed by atoms with Gasteiger partial charge in [0.2, 0.25) is 0 Å². The Morgan fingerprint density at radius 3 is 2.15 bits per heavy atom. The van der Waals surface area contributed by atoms with E-state index >= 15 is 0 Å². The van der Waals surface area contributed by atoms with E-state index in [1.807, 2.05) is 13.0 Å². The molecule has 2 atom stereocenters. The number of aliphatic imine (C=N–C) groups is 3. The molecule has 8 bridgehead atoms. The summed E-state index contributed by atoms with van der Waals surface area (Å²) in [6.07, 6.45) is 27.2. The van der Waals surface area contributed by atoms with E-state index in [0.717, 1.165) is 98.3 Å². The first kappa shape index (κ1) is 40.4. The third-order valence-electron chi connectivity index (χ3n) is 12.5. The average Bonchev–Trinajstić information content (AvgIpc) is 3.92. The lowest BCUT2D eigenvalue weighted by molar-refractivity contribution is -0.144. The number of rotatable bonds is 19. The number of aliphatic hydroxyl groups excluding tert-OH is 1. The average molecular weight is 745 g/mol. The number of carbonyl (C=O) groups excluding carboxylic acids is 1. The van der Waals surface area contributed by atoms with Crippen molar-refractivity contribution in [2.45, 2.75) is 151 Å². The molecule has 5 aliphatic heterocycles. The second-order valence-corrected chi connectivity index (χ2v) is 16.2. The van der Waals surface area contributed by atoms with Crippen LogP contribution < -0.4 is 5.32 Å². The lowest BCUT2D eigenvalue weighted by Crippen LogP contribution is -2.16. The largest absolute Gasteiger partial charge is 0.511 e. The molecule has 1 fully saturated rings. The van der Waals surface area contributed by atoms with Gasteiger partial charge < -0.3 is 15.2 Å². The minimum Gasteiger partial charge on any atom is -0.511 e. The number of fused-ring (bicyclic) bond motifs is 5. The molecule has 0 aromatic heterocycles. The molecular formula is C48H64N4O3. The van der Waals surface area contributed by atoms with Crippen LogP contribution in [0.25, 0.3) is 0 Å². The van der Waals surface area contributed by atoms with Crippen molar-refractivity contribution in [3.63, 3.8) is 0 Å². The van der Waals surface area contributed by atoms with Gasteiger partial charge in [0, 0.05) is 52.8 Å². The highest BCUT2D eigenvalue weighted by atomic mass is 16.5. The number of hydrogen-bond acceptors (Lipinski definition) is 7. The maximum Gasteiger partial charge on any atom is 0.305 e. The molecule has 7 nitrogen and oxygen atoms in total. The van der Waals surface area contributed by atoms with Crippen molar-refractivity contribution in [1.82, 2.24) is 5.32 Å². The van der Waals surface area contributed by atoms with E-state index in [1.54, 1.807) is 0 Å². The lowest BCUT2D eigenvalue weighted by Gasteiger charge is -2.17. The standard InChI is InChI=1S/C48H64N4O3/c1-8-11-12-13-14-15-16-17-18-19-20-21-22-25-55-45(54)24-23-36-32(6)40-27-38-30(4)34(9-2)42(49-38)28-39-31(5)35(10-3)43(50-39)29-41-33(7)46-44(53)26-37(47(36)51-40)48(46)52-41/h9,27-29,32,36,51,53H,2,8,10-26H2,1,3-7H3/t32-,36-/m0/s1. The lowest BCUT2D eigenvalue weighted by atomic mass is 9.86. The molecule has 5 heterocycles. The summed E-state index contributed by atoms with van der Waals surface area (Å²) < 4.78 is 5.76. The maximum atomic E-state index is 13.1. The van der Waals surface area contributed by atoms with Crippen LogP contribution in [0, 0.1) is 11.8 Å². The Balaban J connectivity index is 1.14. The van der Waals surface area contributed by atoms with Gasteiger partial charge in [0.25, 0.3) is 0 Å². The first-order chi connectivity index (χ1) is 26.7. The Morgan fingerprint density at radius 2 is 1.49 bits per heavy atom. The molecule has 0 spiro atoms. The molecular weight excluding hydrogens is 681 g/mol. The summed E-state index contributed by atoms with van der Waals surface area (Å²) in [7, 11) is 0. The molecule has 0 radical (unpaired) electrons. The molecule has 6 aliphatic rings. The normalized spacial score (nSPS) is 21.6. The number of hydrogen-bond donors (Lipinski definition) is 2. The molecule has 1 aliphatic carbocycles. The number of allylic oxidation sites excluding steroid dienone is 12. The molecule has 2 N–H and O–H groups in total. The topological polar surface area (TPSA) is 95.6 Å². The van der Waals surface area contributed by atoms with Crippen LogP contribution in [0.15, 0.2) is 119 Å². The van der Waals surface area contributed by atoms with Crippen LogP contribution in [0.3, 0.4) is 0 Å². The van der Waals surface area contributed by atoms with Crippen LogP contribution in [0.5, 0.6) is 0 Å². The Labute approximate surface area is 330 Å². The quantitative estimate of drug-likeness (QED) is 0.102. The van der Waals surface area contributed by atoms with Gasteiger partial charge in [0.05, 0.1) is 40.8 Å². The highest BCUT2D eigenvalue weighted by Crippen LogP contribution is 2.46. The SMILES string of the molecule is C=CC1=C(C)C2=NC1=CC1=NC(=CC3=C(C)C4=C(O)CC(=C5NC(=C2)[C@@H](C)[C@@H]5CCC(=O)OCCCCCCCCCCCCCCC)C4=N3)C(CC)=C1C. The molecule has 0 aromatic rings. The summed E-state index contributed by atoms with van der Waals surface area (Å²) in [5.74, 6) is 0.317. The summed E-state index contributed by atoms with van der Waals surface area (Å²) in [6, 6.07) is 0. The Bertz CT molecular complexity index is 1920. The van der Waals surface area contributed by atoms with E-state index in [1.165, 1.54) is 76.2 Å². The maximum absolute atomic E-state index is 13.1. The Morgan fingerprint density at radius 1 is 0.855 bits per heavy atom. The van der Waals surface area contributed by atoms with E-state index in [0.29, 0.717) is 31.6 Å². The van der Waals surface area contributed by atoms with E-state index in [-0.39, 0.29) is 17.8 Å². The molecule has 0 amide bonds. The second-order valence-electron chi connectivity index (χ2n) is 16.2. The number of nitrogens with one attached hydrogen (secondary N) is 1. The predicted molar refractivity (Wildman–Crippen MR) is 228 cm³/mol. The van der Waals surface area contributed by atoms with Gasteiger partial charge in [0.15, 0.2) is 0 Å². The first-order valence-corrected chi connectivity index (χ1v) is 21.4. The van der Waals surface area contributed by atoms with Crippen molar-refractivity contribution in [1.29, 1.82) is 0 Å². The van der Waals surface area contributed by atoms with Crippen molar-refractivity contribution in [2.24, 2.45) is 26.8 Å². The molecule has 0 unspecified atom stereocenters. The van der Waals surface area contributed by atoms with Crippen LogP contribution in [-0.2, 0) is 9.53 Å². The zero-order valence-electron chi connectivity index (χ0n) is 34.5. The number of ether oxygens (including phenoxy) is 1. The molecule has 6 rings (SSSR count). The molecule has 0 saturated carbocycles. The van der Waals surface area contributed by atoms with E-state index in [9.17, 15) is 9.90 Å². The van der Waals surface area contributed by atoms with E-state index in [2.05, 4.69) is 64.7 Å². The van der Waals surface area contributed by atoms with Gasteiger partial charge >= 0.3 is 5.97 Å². The van der Waals surface area contributed by atoms with Crippen LogP contribution in [-0.4, -0.2) is 34.8 Å². The van der Waals surface area contributed by atoms with Crippen molar-refractivity contribution < 1.29 is 14.6 Å². The van der Waals surface area contributed by atoms with E-state index < -0.39 is 0 Å². The molecule has 55 heavy (non-hydrogen) atoms. The minimum absolute atomic E-state index is 0.0254. The van der Waals surface area contributed by atoms with Gasteiger partial charge in [-0.2, -0.15) is 0 Å². The minimum atomic E-state index is -0.139. The first-order valence-electron chi connectivity index (χ1n) is 21.4. The summed E-state index contributed by atoms with van der Waals surface area (Å²) >= 11 is 0. The molecule has 0 aromatic carbocycles. The second kappa shape index (κ2) is 18.6. The zero-order chi connectivity index (χ0) is 39.1. The highest BCUT2D eigenvalue weighted by Gasteiger charge is 2.41. The third kappa shape index (κ3) is 8.92. The van der Waals surface area contributed by atoms with Crippen LogP contribution in [0.1, 0.15) is 151 Å². The van der Waals surface area contributed by atoms with Crippen molar-refractivity contribution in [3.05, 3.63) is 104 Å². The van der Waals surface area contributed by atoms with Crippen molar-refractivity contribution in [2.75, 3.05) is 6.61 Å². The summed E-state index contributed by atoms with van der Waals surface area (Å²) in [5, 5.41) is 15.2. The highest BCUT2D eigenvalue weighted by molar-refractivity contribution is 6.21. The summed E-state index contributed by atoms with van der Waals surface area (Å²) in [5.41, 5.74) is 14.5. The van der Waals surface area contributed by atoms with Gasteiger partial charge in [-0.3, -0.25) is 4.79 Å². The number of unbranched alkanes of at least 4 members (excludes halogenated alkanes) is 12. The van der Waals surface area contributed by atoms with Crippen LogP contribution >= 0.6 is 0 Å². The van der Waals surface area contributed by atoms with Crippen molar-refractivity contribution >= 4 is 23.1 Å². The number of aliphatic hydroxyl groups is 1. The van der Waals surface area contributed by atoms with Crippen LogP contribution in [0.2, 0.25) is 0 Å². The van der Waals surface area contributed by atoms with Crippen molar-refractivity contribution in [3.8, 4) is 0 Å². The van der Waals surface area contributed by atoms with Gasteiger partial charge in [-0.25, -0.2) is 15.0 Å². The number of esters is 1.